The summed E-state index contributed by atoms with van der Waals surface area (Å²) in [6.45, 7) is 4.29. The number of benzene rings is 8. The standard InChI is InChI=1S/C52H36N4/c1-33-28-34(2)30-39(29-33)51-43-16-6-9-17-46(43)53-52(54-51)56-48-19-11-8-15-42(48)45-32-38(25-27-50(45)56)36-22-20-35(21-23-36)37-24-26-49-44(31-37)41-14-7-10-18-47(41)55(49)40-12-4-3-5-13-40/h3-32H,1-2H3. The van der Waals surface area contributed by atoms with Crippen molar-refractivity contribution >= 4 is 54.5 Å². The summed E-state index contributed by atoms with van der Waals surface area (Å²) in [5.41, 5.74) is 15.9. The second-order valence-electron chi connectivity index (χ2n) is 14.8. The van der Waals surface area contributed by atoms with Crippen LogP contribution in [0.15, 0.2) is 182 Å². The van der Waals surface area contributed by atoms with Crippen molar-refractivity contribution < 1.29 is 0 Å². The molecule has 3 aromatic heterocycles. The zero-order valence-corrected chi connectivity index (χ0v) is 31.1. The Bertz CT molecular complexity index is 3290. The van der Waals surface area contributed by atoms with Crippen LogP contribution in [0.4, 0.5) is 0 Å². The van der Waals surface area contributed by atoms with Gasteiger partial charge in [0.2, 0.25) is 5.95 Å². The number of hydrogen-bond acceptors (Lipinski definition) is 2. The van der Waals surface area contributed by atoms with Crippen LogP contribution in [0, 0.1) is 13.8 Å². The molecule has 8 aromatic carbocycles. The summed E-state index contributed by atoms with van der Waals surface area (Å²) in [6.07, 6.45) is 0. The molecule has 11 rings (SSSR count). The molecule has 4 heteroatoms. The Morgan fingerprint density at radius 3 is 1.45 bits per heavy atom. The van der Waals surface area contributed by atoms with Gasteiger partial charge in [-0.2, -0.15) is 0 Å². The lowest BCUT2D eigenvalue weighted by molar-refractivity contribution is 1.01. The quantitative estimate of drug-likeness (QED) is 0.178. The van der Waals surface area contributed by atoms with Crippen LogP contribution in [-0.4, -0.2) is 19.1 Å². The summed E-state index contributed by atoms with van der Waals surface area (Å²) in [5.74, 6) is 0.671. The zero-order valence-electron chi connectivity index (χ0n) is 31.1. The van der Waals surface area contributed by atoms with Crippen LogP contribution in [0.25, 0.3) is 99.7 Å². The van der Waals surface area contributed by atoms with Gasteiger partial charge in [-0.1, -0.05) is 126 Å². The molecule has 56 heavy (non-hydrogen) atoms. The minimum Gasteiger partial charge on any atom is -0.309 e. The SMILES string of the molecule is Cc1cc(C)cc(-c2nc(-n3c4ccccc4c4cc(-c5ccc(-c6ccc7c(c6)c6ccccc6n7-c6ccccc6)cc5)ccc43)nc3ccccc23)c1. The molecule has 0 spiro atoms. The molecular formula is C52H36N4. The monoisotopic (exact) mass is 716 g/mol. The molecule has 0 atom stereocenters. The highest BCUT2D eigenvalue weighted by molar-refractivity contribution is 6.11. The highest BCUT2D eigenvalue weighted by atomic mass is 15.2. The first-order chi connectivity index (χ1) is 27.6. The summed E-state index contributed by atoms with van der Waals surface area (Å²) in [6, 6.07) is 65.5. The second-order valence-corrected chi connectivity index (χ2v) is 14.8. The van der Waals surface area contributed by atoms with E-state index < -0.39 is 0 Å². The van der Waals surface area contributed by atoms with Crippen LogP contribution in [0.1, 0.15) is 11.1 Å². The maximum atomic E-state index is 5.32. The lowest BCUT2D eigenvalue weighted by atomic mass is 9.98. The molecule has 0 N–H and O–H groups in total. The largest absolute Gasteiger partial charge is 0.309 e. The first-order valence-electron chi connectivity index (χ1n) is 19.2. The molecule has 0 saturated heterocycles. The van der Waals surface area contributed by atoms with E-state index in [1.807, 2.05) is 0 Å². The van der Waals surface area contributed by atoms with Crippen molar-refractivity contribution in [2.24, 2.45) is 0 Å². The summed E-state index contributed by atoms with van der Waals surface area (Å²) < 4.78 is 4.59. The van der Waals surface area contributed by atoms with Crippen LogP contribution in [0.5, 0.6) is 0 Å². The Kier molecular flexibility index (Phi) is 7.26. The molecule has 264 valence electrons. The number of para-hydroxylation sites is 4. The molecule has 0 amide bonds. The van der Waals surface area contributed by atoms with Crippen molar-refractivity contribution in [3.8, 4) is 45.1 Å². The van der Waals surface area contributed by atoms with Gasteiger partial charge in [0.05, 0.1) is 33.3 Å². The van der Waals surface area contributed by atoms with Crippen molar-refractivity contribution in [2.45, 2.75) is 13.8 Å². The molecule has 0 radical (unpaired) electrons. The molecule has 0 saturated carbocycles. The molecule has 4 nitrogen and oxygen atoms in total. The number of aryl methyl sites for hydroxylation is 2. The van der Waals surface area contributed by atoms with E-state index >= 15 is 0 Å². The van der Waals surface area contributed by atoms with Gasteiger partial charge in [0.25, 0.3) is 0 Å². The number of hydrogen-bond donors (Lipinski definition) is 0. The van der Waals surface area contributed by atoms with E-state index in [9.17, 15) is 0 Å². The molecule has 0 aliphatic heterocycles. The number of rotatable bonds is 5. The summed E-state index contributed by atoms with van der Waals surface area (Å²) >= 11 is 0. The topological polar surface area (TPSA) is 35.6 Å². The molecule has 0 bridgehead atoms. The maximum absolute atomic E-state index is 5.32. The minimum atomic E-state index is 0.671. The lowest BCUT2D eigenvalue weighted by Gasteiger charge is -2.13. The molecular weight excluding hydrogens is 681 g/mol. The van der Waals surface area contributed by atoms with Crippen LogP contribution in [0.2, 0.25) is 0 Å². The van der Waals surface area contributed by atoms with E-state index in [1.165, 1.54) is 71.6 Å². The van der Waals surface area contributed by atoms with Gasteiger partial charge in [0.1, 0.15) is 0 Å². The van der Waals surface area contributed by atoms with Crippen LogP contribution in [0.3, 0.4) is 0 Å². The average Bonchev–Trinajstić information content (AvgIpc) is 3.75. The molecule has 0 unspecified atom stereocenters. The van der Waals surface area contributed by atoms with Gasteiger partial charge < -0.3 is 4.57 Å². The van der Waals surface area contributed by atoms with Crippen LogP contribution in [-0.2, 0) is 0 Å². The van der Waals surface area contributed by atoms with E-state index in [2.05, 4.69) is 205 Å². The fourth-order valence-corrected chi connectivity index (χ4v) is 8.73. The lowest BCUT2D eigenvalue weighted by Crippen LogP contribution is -2.03. The van der Waals surface area contributed by atoms with Crippen LogP contribution >= 0.6 is 0 Å². The Labute approximate surface area is 324 Å². The Morgan fingerprint density at radius 2 is 0.821 bits per heavy atom. The molecule has 3 heterocycles. The van der Waals surface area contributed by atoms with Crippen molar-refractivity contribution in [1.29, 1.82) is 0 Å². The Balaban J connectivity index is 1.00. The van der Waals surface area contributed by atoms with Gasteiger partial charge in [-0.05, 0) is 103 Å². The summed E-state index contributed by atoms with van der Waals surface area (Å²) in [7, 11) is 0. The molecule has 0 aliphatic carbocycles. The third-order valence-electron chi connectivity index (χ3n) is 11.2. The fourth-order valence-electron chi connectivity index (χ4n) is 8.73. The maximum Gasteiger partial charge on any atom is 0.235 e. The van der Waals surface area contributed by atoms with E-state index in [0.717, 1.165) is 33.2 Å². The van der Waals surface area contributed by atoms with Crippen molar-refractivity contribution in [1.82, 2.24) is 19.1 Å². The van der Waals surface area contributed by atoms with E-state index in [0.29, 0.717) is 5.95 Å². The highest BCUT2D eigenvalue weighted by Gasteiger charge is 2.19. The second kappa shape index (κ2) is 12.6. The summed E-state index contributed by atoms with van der Waals surface area (Å²) in [4.78, 5) is 10.5. The van der Waals surface area contributed by atoms with Crippen molar-refractivity contribution in [2.75, 3.05) is 0 Å². The number of fused-ring (bicyclic) bond motifs is 7. The van der Waals surface area contributed by atoms with E-state index in [1.54, 1.807) is 0 Å². The molecule has 11 aromatic rings. The van der Waals surface area contributed by atoms with Crippen molar-refractivity contribution in [3.05, 3.63) is 193 Å². The van der Waals surface area contributed by atoms with Gasteiger partial charge in [-0.15, -0.1) is 0 Å². The summed E-state index contributed by atoms with van der Waals surface area (Å²) in [5, 5.41) is 5.91. The molecule has 0 fully saturated rings. The van der Waals surface area contributed by atoms with Crippen LogP contribution < -0.4 is 0 Å². The molecule has 0 aliphatic rings. The van der Waals surface area contributed by atoms with Crippen molar-refractivity contribution in [3.63, 3.8) is 0 Å². The third kappa shape index (κ3) is 5.14. The first kappa shape index (κ1) is 32.2. The first-order valence-corrected chi connectivity index (χ1v) is 19.2. The van der Waals surface area contributed by atoms with Gasteiger partial charge in [0, 0.05) is 38.2 Å². The van der Waals surface area contributed by atoms with E-state index in [4.69, 9.17) is 9.97 Å². The predicted octanol–water partition coefficient (Wildman–Crippen LogP) is 13.4. The van der Waals surface area contributed by atoms with E-state index in [-0.39, 0.29) is 0 Å². The average molecular weight is 717 g/mol. The zero-order chi connectivity index (χ0) is 37.3. The fraction of sp³-hybridized carbons (Fsp3) is 0.0385. The highest BCUT2D eigenvalue weighted by Crippen LogP contribution is 2.38. The van der Waals surface area contributed by atoms with Gasteiger partial charge >= 0.3 is 0 Å². The van der Waals surface area contributed by atoms with Gasteiger partial charge in [-0.25, -0.2) is 9.97 Å². The Hall–Kier alpha value is -7.30. The smallest absolute Gasteiger partial charge is 0.235 e. The van der Waals surface area contributed by atoms with Gasteiger partial charge in [0.15, 0.2) is 0 Å². The Morgan fingerprint density at radius 1 is 0.339 bits per heavy atom. The number of nitrogens with zero attached hydrogens (tertiary/aromatic N) is 4. The normalized spacial score (nSPS) is 11.8. The third-order valence-corrected chi connectivity index (χ3v) is 11.2. The number of aromatic nitrogens is 4. The minimum absolute atomic E-state index is 0.671. The predicted molar refractivity (Wildman–Crippen MR) is 234 cm³/mol. The van der Waals surface area contributed by atoms with Gasteiger partial charge in [-0.3, -0.25) is 4.57 Å².